The molecule has 4 nitrogen and oxygen atoms in total. The van der Waals surface area contributed by atoms with E-state index in [2.05, 4.69) is 5.32 Å². The van der Waals surface area contributed by atoms with Crippen LogP contribution >= 0.6 is 11.8 Å². The topological polar surface area (TPSA) is 56.0 Å². The molecule has 1 aromatic rings. The molecule has 0 radical (unpaired) electrons. The van der Waals surface area contributed by atoms with Gasteiger partial charge in [0.25, 0.3) is 5.03 Å². The van der Waals surface area contributed by atoms with Crippen LogP contribution in [0.1, 0.15) is 52.4 Å². The summed E-state index contributed by atoms with van der Waals surface area (Å²) in [6.07, 6.45) is 8.57. The number of pyridine rings is 1. The van der Waals surface area contributed by atoms with Crippen LogP contribution in [0.3, 0.4) is 0 Å². The fourth-order valence-corrected chi connectivity index (χ4v) is 3.86. The maximum atomic E-state index is 12.6. The Morgan fingerprint density at radius 2 is 1.95 bits per heavy atom. The summed E-state index contributed by atoms with van der Waals surface area (Å²) >= 11 is 1.36. The molecular weight excluding hydrogens is 296 g/mol. The van der Waals surface area contributed by atoms with Crippen LogP contribution in [0.2, 0.25) is 0 Å². The van der Waals surface area contributed by atoms with Gasteiger partial charge in [-0.3, -0.25) is 4.79 Å². The Morgan fingerprint density at radius 1 is 1.27 bits per heavy atom. The molecular formula is C17H26N2O2S. The normalized spacial score (nSPS) is 18.0. The van der Waals surface area contributed by atoms with Crippen molar-refractivity contribution in [2.45, 2.75) is 68.7 Å². The number of nitrogens with zero attached hydrogens (tertiary/aromatic N) is 1. The minimum Gasteiger partial charge on any atom is -0.618 e. The van der Waals surface area contributed by atoms with Crippen molar-refractivity contribution in [2.24, 2.45) is 5.92 Å². The molecule has 0 aromatic carbocycles. The predicted octanol–water partition coefficient (Wildman–Crippen LogP) is 3.28. The Labute approximate surface area is 137 Å². The summed E-state index contributed by atoms with van der Waals surface area (Å²) < 4.78 is 0.832. The summed E-state index contributed by atoms with van der Waals surface area (Å²) in [5.74, 6) is 0.242. The maximum Gasteiger partial charge on any atom is 0.252 e. The van der Waals surface area contributed by atoms with E-state index in [4.69, 9.17) is 0 Å². The summed E-state index contributed by atoms with van der Waals surface area (Å²) in [5.41, 5.74) is 0. The smallest absolute Gasteiger partial charge is 0.252 e. The van der Waals surface area contributed by atoms with Gasteiger partial charge < -0.3 is 10.5 Å². The average Bonchev–Trinajstić information content (AvgIpc) is 2.74. The van der Waals surface area contributed by atoms with Crippen LogP contribution in [0, 0.1) is 11.1 Å². The maximum absolute atomic E-state index is 12.6. The molecule has 1 atom stereocenters. The first-order chi connectivity index (χ1) is 10.6. The van der Waals surface area contributed by atoms with Crippen molar-refractivity contribution in [1.82, 2.24) is 5.32 Å². The third-order valence-corrected chi connectivity index (χ3v) is 5.67. The molecule has 1 heterocycles. The van der Waals surface area contributed by atoms with E-state index in [1.54, 1.807) is 12.1 Å². The number of hydrogen-bond acceptors (Lipinski definition) is 3. The van der Waals surface area contributed by atoms with Crippen LogP contribution in [-0.4, -0.2) is 17.2 Å². The van der Waals surface area contributed by atoms with Gasteiger partial charge in [-0.2, -0.15) is 4.73 Å². The summed E-state index contributed by atoms with van der Waals surface area (Å²) in [5, 5.41) is 15.4. The first-order valence-electron chi connectivity index (χ1n) is 8.23. The number of hydrogen-bond donors (Lipinski definition) is 1. The van der Waals surface area contributed by atoms with Gasteiger partial charge in [-0.15, -0.1) is 0 Å². The molecule has 1 amide bonds. The van der Waals surface area contributed by atoms with E-state index in [-0.39, 0.29) is 17.1 Å². The Kier molecular flexibility index (Phi) is 6.55. The van der Waals surface area contributed by atoms with Gasteiger partial charge in [-0.25, -0.2) is 0 Å². The van der Waals surface area contributed by atoms with Gasteiger partial charge in [0.1, 0.15) is 0 Å². The van der Waals surface area contributed by atoms with Crippen LogP contribution in [0.25, 0.3) is 0 Å². The summed E-state index contributed by atoms with van der Waals surface area (Å²) in [6, 6.07) is 5.60. The van der Waals surface area contributed by atoms with Crippen LogP contribution in [0.15, 0.2) is 29.4 Å². The van der Waals surface area contributed by atoms with Crippen LogP contribution in [0.5, 0.6) is 0 Å². The summed E-state index contributed by atoms with van der Waals surface area (Å²) in [6.45, 7) is 4.06. The predicted molar refractivity (Wildman–Crippen MR) is 89.5 cm³/mol. The average molecular weight is 322 g/mol. The number of aromatic nitrogens is 1. The van der Waals surface area contributed by atoms with E-state index < -0.39 is 0 Å². The molecule has 0 aliphatic heterocycles. The highest BCUT2D eigenvalue weighted by Gasteiger charge is 2.28. The zero-order valence-corrected chi connectivity index (χ0v) is 14.3. The SMILES string of the molecule is CC(C)[C@@H](Sc1cccc[n+]1[O-])C(=O)NC1CCCCCC1. The van der Waals surface area contributed by atoms with Crippen molar-refractivity contribution >= 4 is 17.7 Å². The fraction of sp³-hybridized carbons (Fsp3) is 0.647. The molecule has 0 bridgehead atoms. The highest BCUT2D eigenvalue weighted by Crippen LogP contribution is 2.26. The summed E-state index contributed by atoms with van der Waals surface area (Å²) in [7, 11) is 0. The first kappa shape index (κ1) is 17.1. The molecule has 1 aromatic heterocycles. The molecule has 1 fully saturated rings. The van der Waals surface area contributed by atoms with Crippen molar-refractivity contribution in [3.8, 4) is 0 Å². The Morgan fingerprint density at radius 3 is 2.55 bits per heavy atom. The van der Waals surface area contributed by atoms with Gasteiger partial charge in [0.2, 0.25) is 5.91 Å². The van der Waals surface area contributed by atoms with Gasteiger partial charge in [0.05, 0.1) is 5.25 Å². The Bertz CT molecular complexity index is 485. The zero-order chi connectivity index (χ0) is 15.9. The molecule has 1 aliphatic carbocycles. The first-order valence-corrected chi connectivity index (χ1v) is 9.11. The van der Waals surface area contributed by atoms with Gasteiger partial charge in [0, 0.05) is 18.2 Å². The minimum atomic E-state index is -0.231. The number of thioether (sulfide) groups is 1. The minimum absolute atomic E-state index is 0.0655. The van der Waals surface area contributed by atoms with Crippen molar-refractivity contribution < 1.29 is 9.52 Å². The van der Waals surface area contributed by atoms with E-state index in [0.717, 1.165) is 17.6 Å². The van der Waals surface area contributed by atoms with E-state index in [1.165, 1.54) is 43.6 Å². The number of carbonyl (C=O) groups excluding carboxylic acids is 1. The third-order valence-electron chi connectivity index (χ3n) is 4.10. The van der Waals surface area contributed by atoms with Gasteiger partial charge in [-0.05, 0) is 36.6 Å². The van der Waals surface area contributed by atoms with Crippen LogP contribution < -0.4 is 10.0 Å². The summed E-state index contributed by atoms with van der Waals surface area (Å²) in [4.78, 5) is 12.6. The molecule has 1 aliphatic rings. The number of carbonyl (C=O) groups is 1. The molecule has 0 spiro atoms. The third kappa shape index (κ3) is 4.90. The molecule has 1 saturated carbocycles. The quantitative estimate of drug-likeness (QED) is 0.392. The second-order valence-corrected chi connectivity index (χ2v) is 7.51. The molecule has 5 heteroatoms. The molecule has 0 saturated heterocycles. The second kappa shape index (κ2) is 8.42. The lowest BCUT2D eigenvalue weighted by molar-refractivity contribution is -0.645. The number of nitrogens with one attached hydrogen (secondary N) is 1. The monoisotopic (exact) mass is 322 g/mol. The Hall–Kier alpha value is -1.23. The molecule has 122 valence electrons. The van der Waals surface area contributed by atoms with Crippen molar-refractivity contribution in [1.29, 1.82) is 0 Å². The lowest BCUT2D eigenvalue weighted by Gasteiger charge is -2.23. The van der Waals surface area contributed by atoms with Gasteiger partial charge in [0.15, 0.2) is 6.20 Å². The van der Waals surface area contributed by atoms with Crippen molar-refractivity contribution in [3.63, 3.8) is 0 Å². The lowest BCUT2D eigenvalue weighted by atomic mass is 10.1. The van der Waals surface area contributed by atoms with Crippen LogP contribution in [0.4, 0.5) is 0 Å². The highest BCUT2D eigenvalue weighted by atomic mass is 32.2. The molecule has 0 unspecified atom stereocenters. The molecule has 22 heavy (non-hydrogen) atoms. The fourth-order valence-electron chi connectivity index (χ4n) is 2.83. The molecule has 2 rings (SSSR count). The van der Waals surface area contributed by atoms with Crippen molar-refractivity contribution in [3.05, 3.63) is 29.6 Å². The zero-order valence-electron chi connectivity index (χ0n) is 13.5. The highest BCUT2D eigenvalue weighted by molar-refractivity contribution is 8.00. The number of rotatable bonds is 5. The van der Waals surface area contributed by atoms with Crippen molar-refractivity contribution in [2.75, 3.05) is 0 Å². The van der Waals surface area contributed by atoms with Gasteiger partial charge >= 0.3 is 0 Å². The largest absolute Gasteiger partial charge is 0.618 e. The standard InChI is InChI=1S/C17H26N2O2S/c1-13(2)16(22-15-11-7-8-12-19(15)21)17(20)18-14-9-5-3-4-6-10-14/h7-8,11-14,16H,3-6,9-10H2,1-2H3,(H,18,20)/t16-/m1/s1. The van der Waals surface area contributed by atoms with E-state index in [1.807, 2.05) is 19.9 Å². The lowest BCUT2D eigenvalue weighted by Crippen LogP contribution is -2.42. The van der Waals surface area contributed by atoms with Crippen LogP contribution in [-0.2, 0) is 4.79 Å². The van der Waals surface area contributed by atoms with E-state index in [0.29, 0.717) is 11.1 Å². The van der Waals surface area contributed by atoms with E-state index >= 15 is 0 Å². The second-order valence-electron chi connectivity index (χ2n) is 6.34. The number of amides is 1. The Balaban J connectivity index is 2.00. The van der Waals surface area contributed by atoms with E-state index in [9.17, 15) is 10.0 Å². The van der Waals surface area contributed by atoms with Gasteiger partial charge in [-0.1, -0.05) is 39.5 Å². The molecule has 1 N–H and O–H groups in total.